The van der Waals surface area contributed by atoms with Crippen LogP contribution in [0.25, 0.3) is 22.3 Å². The highest BCUT2D eigenvalue weighted by atomic mass is 19.1. The van der Waals surface area contributed by atoms with E-state index in [1.54, 1.807) is 61.5 Å². The Labute approximate surface area is 256 Å². The smallest absolute Gasteiger partial charge is 0.338 e. The van der Waals surface area contributed by atoms with E-state index < -0.39 is 17.8 Å². The zero-order chi connectivity index (χ0) is 32.4. The molecule has 0 unspecified atom stereocenters. The summed E-state index contributed by atoms with van der Waals surface area (Å²) in [4.78, 5) is 36.3. The molecule has 0 heterocycles. The van der Waals surface area contributed by atoms with Crippen LogP contribution in [0, 0.1) is 5.82 Å². The number of halogens is 1. The largest absolute Gasteiger partial charge is 0.488 e. The summed E-state index contributed by atoms with van der Waals surface area (Å²) >= 11 is 0. The Hall–Kier alpha value is -5.56. The topological polar surface area (TPSA) is 78.9 Å². The van der Waals surface area contributed by atoms with Crippen molar-refractivity contribution in [3.8, 4) is 33.8 Å². The molecule has 0 aliphatic heterocycles. The molecule has 0 aromatic heterocycles. The van der Waals surface area contributed by atoms with E-state index in [4.69, 9.17) is 14.2 Å². The second-order valence-electron chi connectivity index (χ2n) is 10.0. The number of carbonyl (C=O) groups excluding carboxylic acids is 3. The molecular formula is C37H33FO6. The summed E-state index contributed by atoms with van der Waals surface area (Å²) in [6.07, 6.45) is 5.55. The molecule has 0 N–H and O–H groups in total. The van der Waals surface area contributed by atoms with Crippen LogP contribution in [0.15, 0.2) is 134 Å². The third kappa shape index (κ3) is 8.97. The van der Waals surface area contributed by atoms with E-state index in [1.165, 1.54) is 37.3 Å². The number of ketones is 1. The van der Waals surface area contributed by atoms with Gasteiger partial charge in [-0.25, -0.2) is 14.0 Å². The summed E-state index contributed by atoms with van der Waals surface area (Å²) in [7, 11) is 0. The maximum absolute atomic E-state index is 15.4. The van der Waals surface area contributed by atoms with Gasteiger partial charge < -0.3 is 14.2 Å². The average molecular weight is 593 g/mol. The van der Waals surface area contributed by atoms with Crippen LogP contribution < -0.4 is 9.47 Å². The van der Waals surface area contributed by atoms with Crippen LogP contribution in [0.4, 0.5) is 4.39 Å². The van der Waals surface area contributed by atoms with Gasteiger partial charge in [0.2, 0.25) is 0 Å². The first kappa shape index (κ1) is 32.9. The van der Waals surface area contributed by atoms with Gasteiger partial charge in [-0.05, 0) is 73.9 Å². The molecule has 0 saturated heterocycles. The minimum atomic E-state index is -0.595. The van der Waals surface area contributed by atoms with Gasteiger partial charge in [-0.3, -0.25) is 4.79 Å². The molecule has 3 aromatic rings. The van der Waals surface area contributed by atoms with Crippen LogP contribution in [-0.2, 0) is 14.3 Å². The second-order valence-corrected chi connectivity index (χ2v) is 10.0. The summed E-state index contributed by atoms with van der Waals surface area (Å²) in [6.45, 7) is 19.6. The highest BCUT2D eigenvalue weighted by Crippen LogP contribution is 2.36. The molecule has 3 aromatic carbocycles. The van der Waals surface area contributed by atoms with Crippen molar-refractivity contribution in [1.29, 1.82) is 0 Å². The Morgan fingerprint density at radius 3 is 2.05 bits per heavy atom. The summed E-state index contributed by atoms with van der Waals surface area (Å²) in [5.74, 6) is -1.09. The molecule has 0 aliphatic rings. The molecule has 0 radical (unpaired) electrons. The predicted octanol–water partition coefficient (Wildman–Crippen LogP) is 8.52. The summed E-state index contributed by atoms with van der Waals surface area (Å²) in [5.41, 5.74) is 3.74. The van der Waals surface area contributed by atoms with Gasteiger partial charge in [-0.15, -0.1) is 0 Å². The minimum absolute atomic E-state index is 0.174. The fraction of sp³-hybridized carbons (Fsp3) is 0.108. The third-order valence-electron chi connectivity index (χ3n) is 6.01. The standard InChI is InChI=1S/C37H33FO6/c1-8-29(43-36(40)24(4)5)10-9-11-34(39)27-14-12-26(13-15-27)31-18-16-28(20-33(31)38)32-19-17-30(44-37(41)25(6)7)21-35(32)42-22-23(2)3/h8-21H,1-2,4,6,22H2,3,5,7H3/b11-9+,29-10+. The molecule has 6 nitrogen and oxygen atoms in total. The molecule has 0 spiro atoms. The van der Waals surface area contributed by atoms with Gasteiger partial charge >= 0.3 is 11.9 Å². The number of rotatable bonds is 13. The fourth-order valence-corrected chi connectivity index (χ4v) is 3.71. The first-order valence-corrected chi connectivity index (χ1v) is 13.5. The normalized spacial score (nSPS) is 11.0. The molecule has 44 heavy (non-hydrogen) atoms. The lowest BCUT2D eigenvalue weighted by Crippen LogP contribution is -2.08. The zero-order valence-corrected chi connectivity index (χ0v) is 24.9. The first-order valence-electron chi connectivity index (χ1n) is 13.5. The van der Waals surface area contributed by atoms with Crippen LogP contribution >= 0.6 is 0 Å². The van der Waals surface area contributed by atoms with Gasteiger partial charge in [0.15, 0.2) is 5.78 Å². The van der Waals surface area contributed by atoms with E-state index in [9.17, 15) is 14.4 Å². The molecule has 0 saturated carbocycles. The van der Waals surface area contributed by atoms with Crippen molar-refractivity contribution in [2.45, 2.75) is 20.8 Å². The Morgan fingerprint density at radius 2 is 1.45 bits per heavy atom. The van der Waals surface area contributed by atoms with Gasteiger partial charge in [-0.1, -0.05) is 68.8 Å². The van der Waals surface area contributed by atoms with Crippen molar-refractivity contribution in [2.75, 3.05) is 6.61 Å². The SMILES string of the molecule is C=C/C(=C\C=C\C(=O)c1ccc(-c2ccc(-c3ccc(OC(=O)C(=C)C)cc3OCC(=C)C)cc2F)cc1)OC(=O)C(=C)C. The van der Waals surface area contributed by atoms with Crippen LogP contribution in [0.1, 0.15) is 31.1 Å². The van der Waals surface area contributed by atoms with E-state index in [-0.39, 0.29) is 35.0 Å². The molecule has 0 fully saturated rings. The number of benzene rings is 3. The maximum Gasteiger partial charge on any atom is 0.338 e. The minimum Gasteiger partial charge on any atom is -0.488 e. The maximum atomic E-state index is 15.4. The lowest BCUT2D eigenvalue weighted by atomic mass is 9.97. The average Bonchev–Trinajstić information content (AvgIpc) is 2.99. The highest BCUT2D eigenvalue weighted by Gasteiger charge is 2.15. The third-order valence-corrected chi connectivity index (χ3v) is 6.01. The molecule has 224 valence electrons. The molecule has 0 aliphatic carbocycles. The van der Waals surface area contributed by atoms with Crippen LogP contribution in [0.5, 0.6) is 11.5 Å². The van der Waals surface area contributed by atoms with Crippen molar-refractivity contribution >= 4 is 17.7 Å². The van der Waals surface area contributed by atoms with Crippen molar-refractivity contribution in [3.63, 3.8) is 0 Å². The predicted molar refractivity (Wildman–Crippen MR) is 171 cm³/mol. The van der Waals surface area contributed by atoms with E-state index in [2.05, 4.69) is 26.3 Å². The summed E-state index contributed by atoms with van der Waals surface area (Å²) in [6, 6.07) is 16.2. The van der Waals surface area contributed by atoms with E-state index in [0.717, 1.165) is 5.57 Å². The second kappa shape index (κ2) is 15.1. The number of carbonyl (C=O) groups is 3. The monoisotopic (exact) mass is 592 g/mol. The molecule has 0 atom stereocenters. The van der Waals surface area contributed by atoms with Gasteiger partial charge in [0.05, 0.1) is 0 Å². The Kier molecular flexibility index (Phi) is 11.3. The molecular weight excluding hydrogens is 559 g/mol. The van der Waals surface area contributed by atoms with Crippen molar-refractivity contribution in [1.82, 2.24) is 0 Å². The molecule has 0 bridgehead atoms. The summed E-state index contributed by atoms with van der Waals surface area (Å²) in [5, 5.41) is 0. The van der Waals surface area contributed by atoms with E-state index >= 15 is 4.39 Å². The van der Waals surface area contributed by atoms with Gasteiger partial charge in [0.1, 0.15) is 29.7 Å². The van der Waals surface area contributed by atoms with Crippen molar-refractivity contribution < 1.29 is 33.0 Å². The van der Waals surface area contributed by atoms with Crippen molar-refractivity contribution in [3.05, 3.63) is 145 Å². The lowest BCUT2D eigenvalue weighted by molar-refractivity contribution is -0.134. The quantitative estimate of drug-likeness (QED) is 0.0377. The molecule has 7 heteroatoms. The van der Waals surface area contributed by atoms with Crippen LogP contribution in [0.3, 0.4) is 0 Å². The van der Waals surface area contributed by atoms with Gasteiger partial charge in [0, 0.05) is 33.9 Å². The molecule has 0 amide bonds. The number of ether oxygens (including phenoxy) is 3. The first-order chi connectivity index (χ1) is 20.9. The lowest BCUT2D eigenvalue weighted by Gasteiger charge is -2.15. The highest BCUT2D eigenvalue weighted by molar-refractivity contribution is 6.05. The van der Waals surface area contributed by atoms with Gasteiger partial charge in [-0.2, -0.15) is 0 Å². The zero-order valence-electron chi connectivity index (χ0n) is 24.9. The van der Waals surface area contributed by atoms with Crippen LogP contribution in [-0.4, -0.2) is 24.3 Å². The Bertz CT molecular complexity index is 1710. The Balaban J connectivity index is 1.82. The number of allylic oxidation sites excluding steroid dienone is 4. The fourth-order valence-electron chi connectivity index (χ4n) is 3.71. The number of hydrogen-bond acceptors (Lipinski definition) is 6. The number of hydrogen-bond donors (Lipinski definition) is 0. The van der Waals surface area contributed by atoms with Crippen molar-refractivity contribution in [2.24, 2.45) is 0 Å². The Morgan fingerprint density at radius 1 is 0.818 bits per heavy atom. The molecule has 3 rings (SSSR count). The summed E-state index contributed by atoms with van der Waals surface area (Å²) < 4.78 is 31.7. The van der Waals surface area contributed by atoms with Crippen LogP contribution in [0.2, 0.25) is 0 Å². The van der Waals surface area contributed by atoms with E-state index in [0.29, 0.717) is 33.6 Å². The van der Waals surface area contributed by atoms with E-state index in [1.807, 2.05) is 6.92 Å². The number of esters is 2. The van der Waals surface area contributed by atoms with Gasteiger partial charge in [0.25, 0.3) is 0 Å².